The zero-order chi connectivity index (χ0) is 19.7. The van der Waals surface area contributed by atoms with Crippen LogP contribution in [0.1, 0.15) is 11.1 Å². The third kappa shape index (κ3) is 3.82. The van der Waals surface area contributed by atoms with Crippen LogP contribution in [0.4, 0.5) is 4.39 Å². The molecule has 1 fully saturated rings. The molecular weight excluding hydrogens is 355 g/mol. The zero-order valence-electron chi connectivity index (χ0n) is 16.1. The first kappa shape index (κ1) is 18.4. The fourth-order valence-corrected chi connectivity index (χ4v) is 3.39. The van der Waals surface area contributed by atoms with Crippen molar-refractivity contribution in [2.24, 2.45) is 0 Å². The van der Waals surface area contributed by atoms with Crippen LogP contribution in [0.5, 0.6) is 0 Å². The van der Waals surface area contributed by atoms with Crippen LogP contribution in [-0.2, 0) is 11.3 Å². The topological polar surface area (TPSA) is 41.4 Å². The minimum absolute atomic E-state index is 0.125. The molecule has 0 aliphatic carbocycles. The average Bonchev–Trinajstić information content (AvgIpc) is 3.09. The highest BCUT2D eigenvalue weighted by molar-refractivity contribution is 5.78. The molecule has 3 aromatic rings. The van der Waals surface area contributed by atoms with E-state index < -0.39 is 0 Å². The third-order valence-corrected chi connectivity index (χ3v) is 5.14. The predicted molar refractivity (Wildman–Crippen MR) is 107 cm³/mol. The van der Waals surface area contributed by atoms with E-state index in [0.29, 0.717) is 13.1 Å². The number of hydrogen-bond acceptors (Lipinski definition) is 3. The van der Waals surface area contributed by atoms with Crippen molar-refractivity contribution < 1.29 is 9.18 Å². The quantitative estimate of drug-likeness (QED) is 0.700. The van der Waals surface area contributed by atoms with Gasteiger partial charge in [-0.15, -0.1) is 0 Å². The molecule has 0 atom stereocenters. The zero-order valence-corrected chi connectivity index (χ0v) is 16.1. The van der Waals surface area contributed by atoms with Crippen LogP contribution in [0.3, 0.4) is 0 Å². The Balaban J connectivity index is 1.69. The second kappa shape index (κ2) is 7.56. The summed E-state index contributed by atoms with van der Waals surface area (Å²) in [5.41, 5.74) is 4.85. The van der Waals surface area contributed by atoms with Crippen molar-refractivity contribution in [2.45, 2.75) is 13.5 Å². The summed E-state index contributed by atoms with van der Waals surface area (Å²) in [4.78, 5) is 16.0. The Labute approximate surface area is 164 Å². The van der Waals surface area contributed by atoms with E-state index in [9.17, 15) is 9.18 Å². The Hall–Kier alpha value is -2.99. The molecule has 1 aliphatic heterocycles. The number of hydrogen-bond donors (Lipinski definition) is 0. The molecule has 2 aromatic carbocycles. The van der Waals surface area contributed by atoms with Crippen LogP contribution in [-0.4, -0.2) is 52.2 Å². The maximum atomic E-state index is 13.4. The van der Waals surface area contributed by atoms with Crippen LogP contribution in [0.2, 0.25) is 0 Å². The number of carbonyl (C=O) groups is 1. The SMILES string of the molecule is Cc1ccc(-n2cc(CN3CCN(C)C(=O)C3)c(-c3ccc(F)cc3)n2)cc1. The van der Waals surface area contributed by atoms with Crippen molar-refractivity contribution in [3.05, 3.63) is 71.7 Å². The third-order valence-electron chi connectivity index (χ3n) is 5.14. The van der Waals surface area contributed by atoms with Gasteiger partial charge in [0.25, 0.3) is 0 Å². The normalized spacial score (nSPS) is 15.2. The molecule has 0 spiro atoms. The van der Waals surface area contributed by atoms with E-state index >= 15 is 0 Å². The minimum Gasteiger partial charge on any atom is -0.343 e. The van der Waals surface area contributed by atoms with Gasteiger partial charge in [0.05, 0.1) is 17.9 Å². The first-order valence-electron chi connectivity index (χ1n) is 9.37. The highest BCUT2D eigenvalue weighted by atomic mass is 19.1. The largest absolute Gasteiger partial charge is 0.343 e. The number of aromatic nitrogens is 2. The van der Waals surface area contributed by atoms with Crippen molar-refractivity contribution in [3.8, 4) is 16.9 Å². The molecule has 0 radical (unpaired) electrons. The lowest BCUT2D eigenvalue weighted by Gasteiger charge is -2.31. The Morgan fingerprint density at radius 2 is 1.75 bits per heavy atom. The smallest absolute Gasteiger partial charge is 0.236 e. The maximum Gasteiger partial charge on any atom is 0.236 e. The van der Waals surface area contributed by atoms with Crippen LogP contribution in [0.25, 0.3) is 16.9 Å². The van der Waals surface area contributed by atoms with Gasteiger partial charge in [0.15, 0.2) is 0 Å². The summed E-state index contributed by atoms with van der Waals surface area (Å²) in [6, 6.07) is 14.5. The van der Waals surface area contributed by atoms with Crippen LogP contribution in [0, 0.1) is 12.7 Å². The number of amides is 1. The summed E-state index contributed by atoms with van der Waals surface area (Å²) < 4.78 is 15.2. The van der Waals surface area contributed by atoms with Gasteiger partial charge in [0.1, 0.15) is 5.82 Å². The molecule has 4 rings (SSSR count). The fourth-order valence-electron chi connectivity index (χ4n) is 3.39. The first-order chi connectivity index (χ1) is 13.5. The number of halogens is 1. The first-order valence-corrected chi connectivity index (χ1v) is 9.37. The fraction of sp³-hybridized carbons (Fsp3) is 0.273. The molecule has 5 nitrogen and oxygen atoms in total. The van der Waals surface area contributed by atoms with Gasteiger partial charge in [-0.2, -0.15) is 5.10 Å². The summed E-state index contributed by atoms with van der Waals surface area (Å²) in [6.07, 6.45) is 2.01. The van der Waals surface area contributed by atoms with E-state index in [1.165, 1.54) is 17.7 Å². The number of benzene rings is 2. The Bertz CT molecular complexity index is 979. The van der Waals surface area contributed by atoms with Gasteiger partial charge in [-0.25, -0.2) is 9.07 Å². The van der Waals surface area contributed by atoms with E-state index in [4.69, 9.17) is 5.10 Å². The average molecular weight is 378 g/mol. The monoisotopic (exact) mass is 378 g/mol. The van der Waals surface area contributed by atoms with Gasteiger partial charge in [0, 0.05) is 44.0 Å². The minimum atomic E-state index is -0.270. The molecule has 144 valence electrons. The summed E-state index contributed by atoms with van der Waals surface area (Å²) >= 11 is 0. The standard InChI is InChI=1S/C22H23FN4O/c1-16-3-9-20(10-4-16)27-14-18(13-26-12-11-25(2)21(28)15-26)22(24-27)17-5-7-19(23)8-6-17/h3-10,14H,11-13,15H2,1-2H3. The summed E-state index contributed by atoms with van der Waals surface area (Å²) in [5.74, 6) is -0.145. The Morgan fingerprint density at radius 3 is 2.43 bits per heavy atom. The lowest BCUT2D eigenvalue weighted by Crippen LogP contribution is -2.47. The van der Waals surface area contributed by atoms with Crippen LogP contribution >= 0.6 is 0 Å². The van der Waals surface area contributed by atoms with Crippen molar-refractivity contribution in [1.29, 1.82) is 0 Å². The molecule has 1 amide bonds. The number of likely N-dealkylation sites (N-methyl/N-ethyl adjacent to an activating group) is 1. The maximum absolute atomic E-state index is 13.4. The lowest BCUT2D eigenvalue weighted by molar-refractivity contribution is -0.134. The molecule has 0 saturated carbocycles. The highest BCUT2D eigenvalue weighted by Crippen LogP contribution is 2.26. The van der Waals surface area contributed by atoms with Crippen molar-refractivity contribution in [3.63, 3.8) is 0 Å². The van der Waals surface area contributed by atoms with E-state index in [1.807, 2.05) is 49.1 Å². The van der Waals surface area contributed by atoms with E-state index in [1.54, 1.807) is 17.0 Å². The molecule has 28 heavy (non-hydrogen) atoms. The number of nitrogens with zero attached hydrogens (tertiary/aromatic N) is 4. The van der Waals surface area contributed by atoms with E-state index in [2.05, 4.69) is 4.90 Å². The highest BCUT2D eigenvalue weighted by Gasteiger charge is 2.23. The molecule has 1 aromatic heterocycles. The number of rotatable bonds is 4. The van der Waals surface area contributed by atoms with Gasteiger partial charge in [0.2, 0.25) is 5.91 Å². The second-order valence-electron chi connectivity index (χ2n) is 7.32. The number of aryl methyl sites for hydroxylation is 1. The van der Waals surface area contributed by atoms with Gasteiger partial charge >= 0.3 is 0 Å². The summed E-state index contributed by atoms with van der Waals surface area (Å²) in [5, 5.41) is 4.78. The van der Waals surface area contributed by atoms with E-state index in [0.717, 1.165) is 35.6 Å². The van der Waals surface area contributed by atoms with Crippen molar-refractivity contribution in [1.82, 2.24) is 19.6 Å². The molecule has 2 heterocycles. The summed E-state index contributed by atoms with van der Waals surface area (Å²) in [6.45, 7) is 4.61. The molecule has 1 aliphatic rings. The van der Waals surface area contributed by atoms with Crippen LogP contribution < -0.4 is 0 Å². The Kier molecular flexibility index (Phi) is 4.96. The number of piperazine rings is 1. The van der Waals surface area contributed by atoms with Gasteiger partial charge in [-0.1, -0.05) is 17.7 Å². The van der Waals surface area contributed by atoms with Crippen molar-refractivity contribution >= 4 is 5.91 Å². The second-order valence-corrected chi connectivity index (χ2v) is 7.32. The molecule has 0 N–H and O–H groups in total. The predicted octanol–water partition coefficient (Wildman–Crippen LogP) is 3.26. The molecular formula is C22H23FN4O. The van der Waals surface area contributed by atoms with Crippen molar-refractivity contribution in [2.75, 3.05) is 26.7 Å². The molecule has 0 unspecified atom stereocenters. The van der Waals surface area contributed by atoms with Gasteiger partial charge < -0.3 is 4.90 Å². The molecule has 1 saturated heterocycles. The van der Waals surface area contributed by atoms with E-state index in [-0.39, 0.29) is 11.7 Å². The number of carbonyl (C=O) groups excluding carboxylic acids is 1. The lowest BCUT2D eigenvalue weighted by atomic mass is 10.1. The Morgan fingerprint density at radius 1 is 1.04 bits per heavy atom. The summed E-state index contributed by atoms with van der Waals surface area (Å²) in [7, 11) is 1.83. The van der Waals surface area contributed by atoms with Gasteiger partial charge in [-0.3, -0.25) is 9.69 Å². The van der Waals surface area contributed by atoms with Gasteiger partial charge in [-0.05, 0) is 43.3 Å². The van der Waals surface area contributed by atoms with Crippen LogP contribution in [0.15, 0.2) is 54.7 Å². The molecule has 6 heteroatoms. The molecule has 0 bridgehead atoms.